The largest absolute Gasteiger partial charge is 0.326 e. The Morgan fingerprint density at radius 2 is 2.04 bits per heavy atom. The zero-order chi connectivity index (χ0) is 17.9. The summed E-state index contributed by atoms with van der Waals surface area (Å²) in [6, 6.07) is 10.7. The number of sulfonamides is 1. The smallest absolute Gasteiger partial charge is 0.252 e. The molecular weight excluding hydrogens is 356 g/mol. The molecule has 0 saturated carbocycles. The zero-order valence-corrected chi connectivity index (χ0v) is 15.8. The molecule has 1 aliphatic rings. The predicted molar refractivity (Wildman–Crippen MR) is 100 cm³/mol. The van der Waals surface area contributed by atoms with Crippen molar-refractivity contribution in [2.75, 3.05) is 11.9 Å². The van der Waals surface area contributed by atoms with Gasteiger partial charge in [-0.2, -0.15) is 4.31 Å². The Labute approximate surface area is 152 Å². The van der Waals surface area contributed by atoms with E-state index < -0.39 is 10.0 Å². The van der Waals surface area contributed by atoms with Gasteiger partial charge in [-0.3, -0.25) is 4.79 Å². The molecule has 1 fully saturated rings. The summed E-state index contributed by atoms with van der Waals surface area (Å²) in [6.45, 7) is 2.41. The van der Waals surface area contributed by atoms with E-state index in [0.29, 0.717) is 17.2 Å². The predicted octanol–water partition coefficient (Wildman–Crippen LogP) is 3.63. The SMILES string of the molecule is Cc1ccccc1NC(=O)C[C@@H]1CCCCN1S(=O)(=O)c1cccs1. The minimum absolute atomic E-state index is 0.146. The number of amides is 1. The summed E-state index contributed by atoms with van der Waals surface area (Å²) in [5.41, 5.74) is 1.76. The number of nitrogens with one attached hydrogen (secondary N) is 1. The monoisotopic (exact) mass is 378 g/mol. The van der Waals surface area contributed by atoms with Crippen molar-refractivity contribution in [1.82, 2.24) is 4.31 Å². The van der Waals surface area contributed by atoms with E-state index in [-0.39, 0.29) is 18.4 Å². The molecule has 0 bridgehead atoms. The molecule has 0 aliphatic carbocycles. The first-order valence-electron chi connectivity index (χ1n) is 8.39. The lowest BCUT2D eigenvalue weighted by atomic mass is 10.0. The van der Waals surface area contributed by atoms with Crippen molar-refractivity contribution in [3.05, 3.63) is 47.3 Å². The molecule has 2 heterocycles. The van der Waals surface area contributed by atoms with Crippen LogP contribution in [0, 0.1) is 6.92 Å². The molecule has 3 rings (SSSR count). The van der Waals surface area contributed by atoms with E-state index in [1.54, 1.807) is 17.5 Å². The Kier molecular flexibility index (Phi) is 5.56. The maximum Gasteiger partial charge on any atom is 0.252 e. The van der Waals surface area contributed by atoms with Gasteiger partial charge in [0.25, 0.3) is 10.0 Å². The van der Waals surface area contributed by atoms with E-state index in [1.165, 1.54) is 15.6 Å². The summed E-state index contributed by atoms with van der Waals surface area (Å²) in [4.78, 5) is 12.5. The van der Waals surface area contributed by atoms with E-state index in [1.807, 2.05) is 31.2 Å². The topological polar surface area (TPSA) is 66.5 Å². The molecule has 5 nitrogen and oxygen atoms in total. The summed E-state index contributed by atoms with van der Waals surface area (Å²) in [6.07, 6.45) is 2.67. The Bertz CT molecular complexity index is 832. The zero-order valence-electron chi connectivity index (χ0n) is 14.1. The molecule has 0 radical (unpaired) electrons. The Morgan fingerprint density at radius 1 is 1.24 bits per heavy atom. The first-order chi connectivity index (χ1) is 12.0. The second-order valence-electron chi connectivity index (χ2n) is 6.26. The number of thiophene rings is 1. The van der Waals surface area contributed by atoms with Crippen molar-refractivity contribution in [2.45, 2.75) is 42.9 Å². The Morgan fingerprint density at radius 3 is 2.76 bits per heavy atom. The molecule has 7 heteroatoms. The molecule has 2 aromatic rings. The van der Waals surface area contributed by atoms with Gasteiger partial charge in [0.2, 0.25) is 5.91 Å². The Balaban J connectivity index is 1.73. The van der Waals surface area contributed by atoms with E-state index in [9.17, 15) is 13.2 Å². The number of carbonyl (C=O) groups excluding carboxylic acids is 1. The number of benzene rings is 1. The van der Waals surface area contributed by atoms with Crippen molar-refractivity contribution >= 4 is 33.0 Å². The van der Waals surface area contributed by atoms with E-state index in [0.717, 1.165) is 24.1 Å². The van der Waals surface area contributed by atoms with Crippen LogP contribution in [0.15, 0.2) is 46.0 Å². The molecule has 1 aliphatic heterocycles. The number of hydrogen-bond acceptors (Lipinski definition) is 4. The van der Waals surface area contributed by atoms with Crippen molar-refractivity contribution < 1.29 is 13.2 Å². The number of aryl methyl sites for hydroxylation is 1. The third-order valence-electron chi connectivity index (χ3n) is 4.47. The van der Waals surface area contributed by atoms with Crippen LogP contribution in [0.2, 0.25) is 0 Å². The molecule has 25 heavy (non-hydrogen) atoms. The quantitative estimate of drug-likeness (QED) is 0.864. The van der Waals surface area contributed by atoms with Crippen LogP contribution in [0.5, 0.6) is 0 Å². The highest BCUT2D eigenvalue weighted by atomic mass is 32.2. The van der Waals surface area contributed by atoms with Gasteiger partial charge in [0, 0.05) is 24.7 Å². The van der Waals surface area contributed by atoms with Gasteiger partial charge in [-0.15, -0.1) is 11.3 Å². The van der Waals surface area contributed by atoms with Crippen LogP contribution in [-0.2, 0) is 14.8 Å². The van der Waals surface area contributed by atoms with Crippen LogP contribution in [0.4, 0.5) is 5.69 Å². The fourth-order valence-corrected chi connectivity index (χ4v) is 5.96. The number of nitrogens with zero attached hydrogens (tertiary/aromatic N) is 1. The number of piperidine rings is 1. The molecule has 0 unspecified atom stereocenters. The van der Waals surface area contributed by atoms with Gasteiger partial charge >= 0.3 is 0 Å². The van der Waals surface area contributed by atoms with Crippen LogP contribution < -0.4 is 5.32 Å². The first kappa shape index (κ1) is 18.1. The number of hydrogen-bond donors (Lipinski definition) is 1. The second kappa shape index (κ2) is 7.68. The van der Waals surface area contributed by atoms with Gasteiger partial charge in [-0.1, -0.05) is 30.7 Å². The standard InChI is InChI=1S/C18H22N2O3S2/c1-14-7-2-3-9-16(14)19-17(21)13-15-8-4-5-11-20(15)25(22,23)18-10-6-12-24-18/h2-3,6-7,9-10,12,15H,4-5,8,11,13H2,1H3,(H,19,21)/t15-/m0/s1. The van der Waals surface area contributed by atoms with Gasteiger partial charge < -0.3 is 5.32 Å². The molecule has 1 atom stereocenters. The van der Waals surface area contributed by atoms with Crippen molar-refractivity contribution in [2.24, 2.45) is 0 Å². The highest BCUT2D eigenvalue weighted by Crippen LogP contribution is 2.29. The Hall–Kier alpha value is -1.70. The molecule has 1 saturated heterocycles. The third-order valence-corrected chi connectivity index (χ3v) is 7.80. The number of rotatable bonds is 5. The molecule has 1 aromatic heterocycles. The molecule has 1 aromatic carbocycles. The first-order valence-corrected chi connectivity index (χ1v) is 10.7. The average molecular weight is 379 g/mol. The van der Waals surface area contributed by atoms with Gasteiger partial charge in [0.05, 0.1) is 0 Å². The summed E-state index contributed by atoms with van der Waals surface area (Å²) < 4.78 is 27.6. The van der Waals surface area contributed by atoms with Crippen molar-refractivity contribution in [3.8, 4) is 0 Å². The van der Waals surface area contributed by atoms with Crippen molar-refractivity contribution in [3.63, 3.8) is 0 Å². The lowest BCUT2D eigenvalue weighted by Crippen LogP contribution is -2.45. The van der Waals surface area contributed by atoms with Crippen LogP contribution in [0.1, 0.15) is 31.2 Å². The molecular formula is C18H22N2O3S2. The fourth-order valence-electron chi connectivity index (χ4n) is 3.15. The fraction of sp³-hybridized carbons (Fsp3) is 0.389. The third kappa shape index (κ3) is 4.11. The molecule has 1 amide bonds. The minimum atomic E-state index is -3.52. The molecule has 134 valence electrons. The number of carbonyl (C=O) groups is 1. The summed E-state index contributed by atoms with van der Waals surface area (Å²) in [5.74, 6) is -0.146. The average Bonchev–Trinajstić information content (AvgIpc) is 3.13. The van der Waals surface area contributed by atoms with E-state index in [4.69, 9.17) is 0 Å². The summed E-state index contributed by atoms with van der Waals surface area (Å²) in [5, 5.41) is 4.67. The normalized spacial score (nSPS) is 18.8. The lowest BCUT2D eigenvalue weighted by molar-refractivity contribution is -0.117. The van der Waals surface area contributed by atoms with Crippen LogP contribution in [-0.4, -0.2) is 31.2 Å². The van der Waals surface area contributed by atoms with Gasteiger partial charge in [-0.05, 0) is 42.8 Å². The minimum Gasteiger partial charge on any atom is -0.326 e. The van der Waals surface area contributed by atoms with E-state index >= 15 is 0 Å². The molecule has 1 N–H and O–H groups in total. The number of anilines is 1. The maximum atomic E-state index is 12.9. The van der Waals surface area contributed by atoms with Gasteiger partial charge in [0.15, 0.2) is 0 Å². The number of para-hydroxylation sites is 1. The lowest BCUT2D eigenvalue weighted by Gasteiger charge is -2.34. The highest BCUT2D eigenvalue weighted by molar-refractivity contribution is 7.91. The van der Waals surface area contributed by atoms with Crippen molar-refractivity contribution in [1.29, 1.82) is 0 Å². The van der Waals surface area contributed by atoms with Crippen LogP contribution in [0.25, 0.3) is 0 Å². The molecule has 0 spiro atoms. The highest BCUT2D eigenvalue weighted by Gasteiger charge is 2.35. The maximum absolute atomic E-state index is 12.9. The van der Waals surface area contributed by atoms with Crippen LogP contribution in [0.3, 0.4) is 0 Å². The summed E-state index contributed by atoms with van der Waals surface area (Å²) in [7, 11) is -3.52. The van der Waals surface area contributed by atoms with Gasteiger partial charge in [0.1, 0.15) is 4.21 Å². The second-order valence-corrected chi connectivity index (χ2v) is 9.33. The van der Waals surface area contributed by atoms with Crippen LogP contribution >= 0.6 is 11.3 Å². The van der Waals surface area contributed by atoms with E-state index in [2.05, 4.69) is 5.32 Å². The van der Waals surface area contributed by atoms with Gasteiger partial charge in [-0.25, -0.2) is 8.42 Å². The summed E-state index contributed by atoms with van der Waals surface area (Å²) >= 11 is 1.22.